The van der Waals surface area contributed by atoms with Gasteiger partial charge in [0.15, 0.2) is 5.78 Å². The fourth-order valence-corrected chi connectivity index (χ4v) is 3.95. The zero-order valence-electron chi connectivity index (χ0n) is 16.2. The van der Waals surface area contributed by atoms with Gasteiger partial charge in [0.2, 0.25) is 15.9 Å². The fraction of sp³-hybridized carbons (Fsp3) is 0.211. The van der Waals surface area contributed by atoms with Gasteiger partial charge >= 0.3 is 0 Å². The number of hydrogen-bond donors (Lipinski definition) is 3. The Bertz CT molecular complexity index is 1130. The zero-order chi connectivity index (χ0) is 22.3. The molecule has 0 radical (unpaired) electrons. The van der Waals surface area contributed by atoms with Gasteiger partial charge < -0.3 is 0 Å². The quantitative estimate of drug-likeness (QED) is 0.356. The first-order chi connectivity index (χ1) is 14.8. The van der Waals surface area contributed by atoms with Crippen LogP contribution in [0.2, 0.25) is 0 Å². The van der Waals surface area contributed by atoms with Crippen molar-refractivity contribution in [1.82, 2.24) is 25.3 Å². The molecule has 1 amide bonds. The average Bonchev–Trinajstić information content (AvgIpc) is 3.26. The van der Waals surface area contributed by atoms with Gasteiger partial charge in [-0.05, 0) is 41.5 Å². The number of benzene rings is 2. The molecule has 2 aromatic carbocycles. The van der Waals surface area contributed by atoms with Gasteiger partial charge in [0.25, 0.3) is 5.95 Å². The van der Waals surface area contributed by atoms with Gasteiger partial charge in [0.05, 0.1) is 4.90 Å². The number of amides is 1. The van der Waals surface area contributed by atoms with E-state index in [-0.39, 0.29) is 41.9 Å². The Hall–Kier alpha value is -2.96. The Morgan fingerprint density at radius 3 is 2.35 bits per heavy atom. The smallest absolute Gasteiger partial charge is 0.269 e. The third kappa shape index (κ3) is 6.77. The topological polar surface area (TPSA) is 147 Å². The van der Waals surface area contributed by atoms with Crippen LogP contribution in [-0.4, -0.2) is 47.3 Å². The molecular formula is C19H19BrN6O4S. The normalized spacial score (nSPS) is 11.3. The maximum absolute atomic E-state index is 12.3. The van der Waals surface area contributed by atoms with Crippen LogP contribution in [0.4, 0.5) is 5.95 Å². The number of sulfonamides is 1. The molecule has 31 heavy (non-hydrogen) atoms. The first kappa shape index (κ1) is 22.7. The standard InChI is InChI=1S/C19H19BrN6O4S/c20-15-5-7-16(8-6-15)31(29,30)21-12-11-13-1-3-14(4-2-13)17(27)9-10-18(28)22-19-23-25-26-24-19/h1-8,21H,9-12H2,(H2,22,23,24,25,26,28). The van der Waals surface area contributed by atoms with Crippen molar-refractivity contribution >= 4 is 43.6 Å². The minimum Gasteiger partial charge on any atom is -0.294 e. The molecule has 12 heteroatoms. The molecule has 10 nitrogen and oxygen atoms in total. The van der Waals surface area contributed by atoms with Gasteiger partial charge in [-0.3, -0.25) is 14.9 Å². The molecule has 0 spiro atoms. The first-order valence-corrected chi connectivity index (χ1v) is 11.5. The number of nitrogens with one attached hydrogen (secondary N) is 3. The predicted octanol–water partition coefficient (Wildman–Crippen LogP) is 2.08. The lowest BCUT2D eigenvalue weighted by Gasteiger charge is -2.08. The third-order valence-electron chi connectivity index (χ3n) is 4.28. The average molecular weight is 507 g/mol. The van der Waals surface area contributed by atoms with E-state index in [1.54, 1.807) is 36.4 Å². The third-order valence-corrected chi connectivity index (χ3v) is 6.29. The second kappa shape index (κ2) is 10.4. The van der Waals surface area contributed by atoms with Crippen LogP contribution in [0.5, 0.6) is 0 Å². The number of rotatable bonds is 10. The molecular weight excluding hydrogens is 488 g/mol. The Labute approximate surface area is 187 Å². The monoisotopic (exact) mass is 506 g/mol. The van der Waals surface area contributed by atoms with Crippen molar-refractivity contribution in [1.29, 1.82) is 0 Å². The number of ketones is 1. The van der Waals surface area contributed by atoms with E-state index < -0.39 is 10.0 Å². The van der Waals surface area contributed by atoms with Crippen LogP contribution >= 0.6 is 15.9 Å². The maximum atomic E-state index is 12.3. The molecule has 0 atom stereocenters. The number of hydrogen-bond acceptors (Lipinski definition) is 7. The Balaban J connectivity index is 1.45. The largest absolute Gasteiger partial charge is 0.294 e. The van der Waals surface area contributed by atoms with E-state index in [0.29, 0.717) is 12.0 Å². The summed E-state index contributed by atoms with van der Waals surface area (Å²) in [4.78, 5) is 24.2. The summed E-state index contributed by atoms with van der Waals surface area (Å²) in [6, 6.07) is 13.2. The highest BCUT2D eigenvalue weighted by Crippen LogP contribution is 2.15. The van der Waals surface area contributed by atoms with Crippen LogP contribution in [0.15, 0.2) is 57.9 Å². The van der Waals surface area contributed by atoms with Crippen LogP contribution in [-0.2, 0) is 21.2 Å². The predicted molar refractivity (Wildman–Crippen MR) is 116 cm³/mol. The Morgan fingerprint density at radius 1 is 1.00 bits per heavy atom. The second-order valence-corrected chi connectivity index (χ2v) is 9.19. The molecule has 0 bridgehead atoms. The maximum Gasteiger partial charge on any atom is 0.269 e. The van der Waals surface area contributed by atoms with Gasteiger partial charge in [-0.1, -0.05) is 45.3 Å². The first-order valence-electron chi connectivity index (χ1n) is 9.24. The van der Waals surface area contributed by atoms with Crippen molar-refractivity contribution in [2.75, 3.05) is 11.9 Å². The highest BCUT2D eigenvalue weighted by atomic mass is 79.9. The van der Waals surface area contributed by atoms with Crippen molar-refractivity contribution in [3.05, 3.63) is 64.1 Å². The number of nitrogens with zero attached hydrogens (tertiary/aromatic N) is 3. The summed E-state index contributed by atoms with van der Waals surface area (Å²) >= 11 is 3.27. The molecule has 0 fully saturated rings. The molecule has 1 aromatic heterocycles. The van der Waals surface area contributed by atoms with E-state index in [1.165, 1.54) is 12.1 Å². The molecule has 3 aromatic rings. The number of aromatic amines is 1. The van der Waals surface area contributed by atoms with Crippen molar-refractivity contribution < 1.29 is 18.0 Å². The van der Waals surface area contributed by atoms with E-state index in [0.717, 1.165) is 10.0 Å². The van der Waals surface area contributed by atoms with Crippen LogP contribution in [0.3, 0.4) is 0 Å². The van der Waals surface area contributed by atoms with Crippen LogP contribution in [0.1, 0.15) is 28.8 Å². The molecule has 3 rings (SSSR count). The van der Waals surface area contributed by atoms with Crippen molar-refractivity contribution in [3.63, 3.8) is 0 Å². The Kier molecular flexibility index (Phi) is 7.60. The highest BCUT2D eigenvalue weighted by molar-refractivity contribution is 9.10. The summed E-state index contributed by atoms with van der Waals surface area (Å²) in [6.45, 7) is 0.224. The molecule has 3 N–H and O–H groups in total. The summed E-state index contributed by atoms with van der Waals surface area (Å²) in [7, 11) is -3.58. The van der Waals surface area contributed by atoms with E-state index in [1.807, 2.05) is 0 Å². The van der Waals surface area contributed by atoms with Gasteiger partial charge in [0, 0.05) is 29.4 Å². The number of halogens is 1. The van der Waals surface area contributed by atoms with Crippen LogP contribution in [0.25, 0.3) is 0 Å². The van der Waals surface area contributed by atoms with Crippen molar-refractivity contribution in [2.45, 2.75) is 24.2 Å². The number of tetrazole rings is 1. The number of carbonyl (C=O) groups excluding carboxylic acids is 2. The molecule has 162 valence electrons. The lowest BCUT2D eigenvalue weighted by molar-refractivity contribution is -0.116. The van der Waals surface area contributed by atoms with Gasteiger partial charge in [0.1, 0.15) is 0 Å². The van der Waals surface area contributed by atoms with Gasteiger partial charge in [-0.25, -0.2) is 13.1 Å². The lowest BCUT2D eigenvalue weighted by atomic mass is 10.0. The lowest BCUT2D eigenvalue weighted by Crippen LogP contribution is -2.25. The fourth-order valence-electron chi connectivity index (χ4n) is 2.66. The molecule has 0 saturated heterocycles. The summed E-state index contributed by atoms with van der Waals surface area (Å²) in [5, 5.41) is 15.2. The number of Topliss-reactive ketones (excluding diaryl/α,β-unsaturated/α-hetero) is 1. The molecule has 1 heterocycles. The summed E-state index contributed by atoms with van der Waals surface area (Å²) in [6.07, 6.45) is 0.500. The van der Waals surface area contributed by atoms with Crippen LogP contribution < -0.4 is 10.0 Å². The van der Waals surface area contributed by atoms with E-state index >= 15 is 0 Å². The van der Waals surface area contributed by atoms with Crippen LogP contribution in [0, 0.1) is 0 Å². The minimum atomic E-state index is -3.58. The van der Waals surface area contributed by atoms with E-state index in [9.17, 15) is 18.0 Å². The van der Waals surface area contributed by atoms with Crippen molar-refractivity contribution in [2.24, 2.45) is 0 Å². The SMILES string of the molecule is O=C(CCC(=O)c1ccc(CCNS(=O)(=O)c2ccc(Br)cc2)cc1)Nc1nn[nH]n1. The number of H-pyrrole nitrogens is 1. The molecule has 0 unspecified atom stereocenters. The molecule has 0 aliphatic rings. The number of aromatic nitrogens is 4. The molecule has 0 aliphatic carbocycles. The molecule has 0 aliphatic heterocycles. The van der Waals surface area contributed by atoms with E-state index in [4.69, 9.17) is 0 Å². The zero-order valence-corrected chi connectivity index (χ0v) is 18.6. The minimum absolute atomic E-state index is 0.00698. The van der Waals surface area contributed by atoms with Gasteiger partial charge in [-0.2, -0.15) is 5.21 Å². The second-order valence-electron chi connectivity index (χ2n) is 6.51. The highest BCUT2D eigenvalue weighted by Gasteiger charge is 2.14. The van der Waals surface area contributed by atoms with Gasteiger partial charge in [-0.15, -0.1) is 5.10 Å². The summed E-state index contributed by atoms with van der Waals surface area (Å²) in [5.41, 5.74) is 1.36. The Morgan fingerprint density at radius 2 is 1.71 bits per heavy atom. The van der Waals surface area contributed by atoms with Crippen molar-refractivity contribution in [3.8, 4) is 0 Å². The molecule has 0 saturated carbocycles. The summed E-state index contributed by atoms with van der Waals surface area (Å²) < 4.78 is 27.9. The summed E-state index contributed by atoms with van der Waals surface area (Å²) in [5.74, 6) is -0.507. The van der Waals surface area contributed by atoms with E-state index in [2.05, 4.69) is 46.6 Å². The number of anilines is 1. The number of carbonyl (C=O) groups is 2.